The maximum Gasteiger partial charge on any atom is 0.0886 e. The summed E-state index contributed by atoms with van der Waals surface area (Å²) in [7, 11) is 0. The van der Waals surface area contributed by atoms with Gasteiger partial charge >= 0.3 is 0 Å². The van der Waals surface area contributed by atoms with Gasteiger partial charge in [0.15, 0.2) is 0 Å². The number of aromatic nitrogens is 2. The Bertz CT molecular complexity index is 409. The van der Waals surface area contributed by atoms with Crippen LogP contribution in [0, 0.1) is 0 Å². The molecule has 0 radical (unpaired) electrons. The summed E-state index contributed by atoms with van der Waals surface area (Å²) >= 11 is 0. The van der Waals surface area contributed by atoms with Crippen LogP contribution in [0.5, 0.6) is 0 Å². The molecule has 5 heteroatoms. The summed E-state index contributed by atoms with van der Waals surface area (Å²) in [4.78, 5) is 10.6. The molecule has 0 aromatic carbocycles. The molecule has 0 saturated heterocycles. The predicted molar refractivity (Wildman–Crippen MR) is 84.4 cm³/mol. The maximum atomic E-state index is 6.90. The molecule has 0 spiro atoms. The second-order valence-electron chi connectivity index (χ2n) is 4.21. The summed E-state index contributed by atoms with van der Waals surface area (Å²) in [5.74, 6) is 0. The molecular formula is C16H23N4Pd-. The van der Waals surface area contributed by atoms with Crippen molar-refractivity contribution in [3.63, 3.8) is 0 Å². The molecule has 0 saturated carbocycles. The fraction of sp³-hybridized carbons (Fsp3) is 0.375. The van der Waals surface area contributed by atoms with Crippen LogP contribution in [0.1, 0.15) is 13.8 Å². The van der Waals surface area contributed by atoms with Crippen LogP contribution in [-0.2, 0) is 20.4 Å². The standard InChI is InChI=1S/C10H8N2.C6H15N2.Pd/c1-3-7-11-9(5-1)10-6-2-4-8-12-10;1-3-8(4-2)6-5-7;/h1-8H;7H,3-6H2,1-2H3;/q;-1;. The van der Waals surface area contributed by atoms with Crippen LogP contribution in [0.4, 0.5) is 0 Å². The second kappa shape index (κ2) is 12.6. The van der Waals surface area contributed by atoms with Gasteiger partial charge in [-0.05, 0) is 43.9 Å². The Morgan fingerprint density at radius 3 is 1.62 bits per heavy atom. The molecule has 2 rings (SSSR count). The van der Waals surface area contributed by atoms with Crippen LogP contribution in [0.25, 0.3) is 17.1 Å². The van der Waals surface area contributed by atoms with Crippen molar-refractivity contribution < 1.29 is 20.4 Å². The van der Waals surface area contributed by atoms with E-state index in [1.165, 1.54) is 0 Å². The van der Waals surface area contributed by atoms with Crippen molar-refractivity contribution in [3.05, 3.63) is 54.5 Å². The second-order valence-corrected chi connectivity index (χ2v) is 4.21. The van der Waals surface area contributed by atoms with E-state index in [0.29, 0.717) is 6.54 Å². The largest absolute Gasteiger partial charge is 0.676 e. The minimum Gasteiger partial charge on any atom is -0.676 e. The van der Waals surface area contributed by atoms with Gasteiger partial charge in [-0.1, -0.05) is 26.0 Å². The quantitative estimate of drug-likeness (QED) is 0.749. The van der Waals surface area contributed by atoms with Crippen molar-refractivity contribution in [2.45, 2.75) is 13.8 Å². The van der Waals surface area contributed by atoms with Crippen LogP contribution in [0.2, 0.25) is 0 Å². The van der Waals surface area contributed by atoms with E-state index in [1.54, 1.807) is 12.4 Å². The Morgan fingerprint density at radius 1 is 0.905 bits per heavy atom. The van der Waals surface area contributed by atoms with E-state index in [-0.39, 0.29) is 20.4 Å². The van der Waals surface area contributed by atoms with Crippen LogP contribution in [0.3, 0.4) is 0 Å². The first kappa shape index (κ1) is 19.9. The van der Waals surface area contributed by atoms with Gasteiger partial charge in [0.1, 0.15) is 0 Å². The fourth-order valence-corrected chi connectivity index (χ4v) is 1.73. The first-order valence-corrected chi connectivity index (χ1v) is 7.01. The van der Waals surface area contributed by atoms with Crippen molar-refractivity contribution in [2.24, 2.45) is 0 Å². The molecule has 0 unspecified atom stereocenters. The molecule has 0 amide bonds. The molecule has 4 nitrogen and oxygen atoms in total. The van der Waals surface area contributed by atoms with Gasteiger partial charge < -0.3 is 10.6 Å². The van der Waals surface area contributed by atoms with Crippen molar-refractivity contribution >= 4 is 0 Å². The third-order valence-corrected chi connectivity index (χ3v) is 2.91. The van der Waals surface area contributed by atoms with E-state index in [1.807, 2.05) is 36.4 Å². The molecular weight excluding hydrogens is 355 g/mol. The Hall–Kier alpha value is -1.12. The molecule has 0 bridgehead atoms. The van der Waals surface area contributed by atoms with Gasteiger partial charge in [-0.15, -0.1) is 6.54 Å². The van der Waals surface area contributed by atoms with Crippen molar-refractivity contribution in [2.75, 3.05) is 26.2 Å². The Morgan fingerprint density at radius 2 is 1.38 bits per heavy atom. The van der Waals surface area contributed by atoms with E-state index in [4.69, 9.17) is 5.73 Å². The summed E-state index contributed by atoms with van der Waals surface area (Å²) in [6.45, 7) is 7.86. The molecule has 0 fully saturated rings. The summed E-state index contributed by atoms with van der Waals surface area (Å²) < 4.78 is 0. The monoisotopic (exact) mass is 377 g/mol. The van der Waals surface area contributed by atoms with Crippen molar-refractivity contribution in [1.29, 1.82) is 0 Å². The summed E-state index contributed by atoms with van der Waals surface area (Å²) in [6.07, 6.45) is 3.54. The molecule has 1 N–H and O–H groups in total. The maximum absolute atomic E-state index is 6.90. The number of rotatable bonds is 5. The van der Waals surface area contributed by atoms with Gasteiger partial charge in [-0.3, -0.25) is 9.97 Å². The average molecular weight is 378 g/mol. The zero-order valence-electron chi connectivity index (χ0n) is 12.6. The minimum absolute atomic E-state index is 0. The molecule has 118 valence electrons. The minimum atomic E-state index is 0. The Balaban J connectivity index is 0.000000397. The van der Waals surface area contributed by atoms with Gasteiger partial charge in [-0.25, -0.2) is 0 Å². The first-order chi connectivity index (χ1) is 9.81. The van der Waals surface area contributed by atoms with Gasteiger partial charge in [-0.2, -0.15) is 0 Å². The third-order valence-electron chi connectivity index (χ3n) is 2.91. The molecule has 2 aromatic rings. The Kier molecular flexibility index (Phi) is 11.9. The molecule has 2 heterocycles. The number of hydrogen-bond acceptors (Lipinski definition) is 3. The number of likely N-dealkylation sites (N-methyl/N-ethyl adjacent to an activating group) is 1. The Labute approximate surface area is 141 Å². The summed E-state index contributed by atoms with van der Waals surface area (Å²) in [5.41, 5.74) is 8.73. The van der Waals surface area contributed by atoms with Gasteiger partial charge in [0.25, 0.3) is 0 Å². The molecule has 0 aliphatic carbocycles. The van der Waals surface area contributed by atoms with Crippen molar-refractivity contribution in [1.82, 2.24) is 14.9 Å². The van der Waals surface area contributed by atoms with Crippen LogP contribution in [-0.4, -0.2) is 41.0 Å². The number of pyridine rings is 2. The smallest absolute Gasteiger partial charge is 0.0886 e. The van der Waals surface area contributed by atoms with Gasteiger partial charge in [0.2, 0.25) is 0 Å². The van der Waals surface area contributed by atoms with E-state index >= 15 is 0 Å². The number of nitrogens with zero attached hydrogens (tertiary/aromatic N) is 3. The third kappa shape index (κ3) is 8.03. The summed E-state index contributed by atoms with van der Waals surface area (Å²) in [6, 6.07) is 11.6. The first-order valence-electron chi connectivity index (χ1n) is 7.01. The average Bonchev–Trinajstić information content (AvgIpc) is 2.55. The fourth-order valence-electron chi connectivity index (χ4n) is 1.73. The number of hydrogen-bond donors (Lipinski definition) is 0. The molecule has 2 aromatic heterocycles. The van der Waals surface area contributed by atoms with Crippen molar-refractivity contribution in [3.8, 4) is 11.4 Å². The molecule has 21 heavy (non-hydrogen) atoms. The van der Waals surface area contributed by atoms with E-state index < -0.39 is 0 Å². The van der Waals surface area contributed by atoms with Crippen LogP contribution in [0.15, 0.2) is 48.8 Å². The zero-order valence-corrected chi connectivity index (χ0v) is 14.2. The van der Waals surface area contributed by atoms with E-state index in [0.717, 1.165) is 31.0 Å². The topological polar surface area (TPSA) is 52.8 Å². The normalized spacial score (nSPS) is 9.52. The predicted octanol–water partition coefficient (Wildman–Crippen LogP) is 3.52. The SMILES string of the molecule is CCN(CC)CC[NH-].[Pd].c1ccc(-c2ccccn2)nc1. The molecule has 0 aliphatic rings. The van der Waals surface area contributed by atoms with Gasteiger partial charge in [0.05, 0.1) is 11.4 Å². The van der Waals surface area contributed by atoms with Crippen LogP contribution < -0.4 is 0 Å². The summed E-state index contributed by atoms with van der Waals surface area (Å²) in [5, 5.41) is 0. The van der Waals surface area contributed by atoms with E-state index in [2.05, 4.69) is 28.7 Å². The zero-order chi connectivity index (χ0) is 14.6. The van der Waals surface area contributed by atoms with Gasteiger partial charge in [0, 0.05) is 32.8 Å². The van der Waals surface area contributed by atoms with E-state index in [9.17, 15) is 0 Å². The van der Waals surface area contributed by atoms with Crippen LogP contribution >= 0.6 is 0 Å². The number of nitrogens with one attached hydrogen (secondary N) is 1. The molecule has 0 aliphatic heterocycles. The molecule has 0 atom stereocenters.